The van der Waals surface area contributed by atoms with E-state index < -0.39 is 0 Å². The van der Waals surface area contributed by atoms with Gasteiger partial charge in [0.05, 0.1) is 13.2 Å². The predicted molar refractivity (Wildman–Crippen MR) is 84.4 cm³/mol. The van der Waals surface area contributed by atoms with Gasteiger partial charge in [0.25, 0.3) is 0 Å². The minimum Gasteiger partial charge on any atom is -0.496 e. The average molecular weight is 269 g/mol. The third kappa shape index (κ3) is 2.70. The molecule has 0 aliphatic heterocycles. The van der Waals surface area contributed by atoms with Crippen LogP contribution in [0.15, 0.2) is 30.3 Å². The van der Waals surface area contributed by atoms with Crippen LogP contribution in [0.25, 0.3) is 0 Å². The second kappa shape index (κ2) is 5.68. The van der Waals surface area contributed by atoms with E-state index in [1.54, 1.807) is 7.11 Å². The molecule has 0 saturated heterocycles. The first-order valence-corrected chi connectivity index (χ1v) is 6.92. The number of benzene rings is 2. The van der Waals surface area contributed by atoms with Gasteiger partial charge in [-0.15, -0.1) is 0 Å². The van der Waals surface area contributed by atoms with Gasteiger partial charge in [-0.3, -0.25) is 0 Å². The summed E-state index contributed by atoms with van der Waals surface area (Å²) in [6.45, 7) is 8.35. The van der Waals surface area contributed by atoms with Crippen LogP contribution in [0.1, 0.15) is 39.4 Å². The molecule has 2 aromatic carbocycles. The van der Waals surface area contributed by atoms with Gasteiger partial charge in [-0.05, 0) is 61.6 Å². The molecule has 0 saturated carbocycles. The number of hydrogen-bond acceptors (Lipinski definition) is 2. The summed E-state index contributed by atoms with van der Waals surface area (Å²) in [4.78, 5) is 0. The first-order valence-electron chi connectivity index (χ1n) is 6.92. The first-order chi connectivity index (χ1) is 9.43. The molecule has 0 heterocycles. The molecule has 2 nitrogen and oxygen atoms in total. The zero-order valence-corrected chi connectivity index (χ0v) is 12.9. The number of ether oxygens (including phenoxy) is 1. The van der Waals surface area contributed by atoms with E-state index in [2.05, 4.69) is 58.0 Å². The molecule has 0 aliphatic rings. The summed E-state index contributed by atoms with van der Waals surface area (Å²) in [5, 5.41) is 0. The third-order valence-corrected chi connectivity index (χ3v) is 3.89. The maximum absolute atomic E-state index is 6.51. The van der Waals surface area contributed by atoms with Crippen molar-refractivity contribution < 1.29 is 4.74 Å². The van der Waals surface area contributed by atoms with Crippen LogP contribution in [0.4, 0.5) is 0 Å². The van der Waals surface area contributed by atoms with E-state index in [0.29, 0.717) is 0 Å². The van der Waals surface area contributed by atoms with Crippen molar-refractivity contribution in [3.05, 3.63) is 63.7 Å². The van der Waals surface area contributed by atoms with Crippen LogP contribution in [0, 0.1) is 27.7 Å². The van der Waals surface area contributed by atoms with Crippen LogP contribution in [0.5, 0.6) is 5.75 Å². The fourth-order valence-corrected chi connectivity index (χ4v) is 2.63. The molecule has 0 aromatic heterocycles. The van der Waals surface area contributed by atoms with Crippen LogP contribution in [0.2, 0.25) is 0 Å². The van der Waals surface area contributed by atoms with Gasteiger partial charge in [0, 0.05) is 0 Å². The van der Waals surface area contributed by atoms with Gasteiger partial charge in [-0.2, -0.15) is 0 Å². The molecule has 106 valence electrons. The smallest absolute Gasteiger partial charge is 0.122 e. The molecule has 0 radical (unpaired) electrons. The summed E-state index contributed by atoms with van der Waals surface area (Å²) in [5.74, 6) is 0.916. The number of rotatable bonds is 3. The van der Waals surface area contributed by atoms with E-state index in [4.69, 9.17) is 10.5 Å². The number of hydrogen-bond donors (Lipinski definition) is 1. The molecule has 1 unspecified atom stereocenters. The third-order valence-electron chi connectivity index (χ3n) is 3.89. The minimum absolute atomic E-state index is 0.0977. The summed E-state index contributed by atoms with van der Waals surface area (Å²) in [5.41, 5.74) is 13.6. The SMILES string of the molecule is COc1cc(C)c(C(N)c2cc(C)ccc2C)cc1C. The summed E-state index contributed by atoms with van der Waals surface area (Å²) in [6.07, 6.45) is 0. The summed E-state index contributed by atoms with van der Waals surface area (Å²) >= 11 is 0. The second-order valence-electron chi connectivity index (χ2n) is 5.52. The van der Waals surface area contributed by atoms with Gasteiger partial charge in [0.1, 0.15) is 5.75 Å². The van der Waals surface area contributed by atoms with Crippen LogP contribution in [-0.2, 0) is 0 Å². The molecule has 0 spiro atoms. The maximum Gasteiger partial charge on any atom is 0.122 e. The molecular formula is C18H23NO. The van der Waals surface area contributed by atoms with Crippen molar-refractivity contribution in [2.24, 2.45) is 5.73 Å². The van der Waals surface area contributed by atoms with E-state index in [1.807, 2.05) is 0 Å². The molecule has 1 atom stereocenters. The Morgan fingerprint density at radius 1 is 0.850 bits per heavy atom. The molecule has 2 rings (SSSR count). The zero-order valence-electron chi connectivity index (χ0n) is 12.9. The van der Waals surface area contributed by atoms with Crippen molar-refractivity contribution in [2.75, 3.05) is 7.11 Å². The summed E-state index contributed by atoms with van der Waals surface area (Å²) < 4.78 is 5.37. The van der Waals surface area contributed by atoms with E-state index in [1.165, 1.54) is 22.3 Å². The lowest BCUT2D eigenvalue weighted by Crippen LogP contribution is -2.15. The lowest BCUT2D eigenvalue weighted by atomic mass is 9.90. The Balaban J connectivity index is 2.50. The fraction of sp³-hybridized carbons (Fsp3) is 0.333. The van der Waals surface area contributed by atoms with Gasteiger partial charge in [0.15, 0.2) is 0 Å². The van der Waals surface area contributed by atoms with E-state index in [9.17, 15) is 0 Å². The summed E-state index contributed by atoms with van der Waals surface area (Å²) in [6, 6.07) is 10.5. The molecule has 2 N–H and O–H groups in total. The van der Waals surface area contributed by atoms with Gasteiger partial charge < -0.3 is 10.5 Å². The topological polar surface area (TPSA) is 35.2 Å². The largest absolute Gasteiger partial charge is 0.496 e. The first kappa shape index (κ1) is 14.6. The Kier molecular flexibility index (Phi) is 4.15. The van der Waals surface area contributed by atoms with E-state index in [-0.39, 0.29) is 6.04 Å². The Morgan fingerprint density at radius 3 is 2.15 bits per heavy atom. The minimum atomic E-state index is -0.0977. The lowest BCUT2D eigenvalue weighted by Gasteiger charge is -2.20. The molecule has 0 bridgehead atoms. The highest BCUT2D eigenvalue weighted by Gasteiger charge is 2.15. The Hall–Kier alpha value is -1.80. The van der Waals surface area contributed by atoms with Crippen molar-refractivity contribution >= 4 is 0 Å². The molecule has 2 heteroatoms. The highest BCUT2D eigenvalue weighted by atomic mass is 16.5. The maximum atomic E-state index is 6.51. The van der Waals surface area contributed by atoms with Crippen LogP contribution in [-0.4, -0.2) is 7.11 Å². The molecule has 0 aliphatic carbocycles. The number of methoxy groups -OCH3 is 1. The van der Waals surface area contributed by atoms with Gasteiger partial charge in [-0.1, -0.05) is 29.8 Å². The van der Waals surface area contributed by atoms with Crippen LogP contribution < -0.4 is 10.5 Å². The van der Waals surface area contributed by atoms with Crippen molar-refractivity contribution in [3.8, 4) is 5.75 Å². The highest BCUT2D eigenvalue weighted by Crippen LogP contribution is 2.30. The number of nitrogens with two attached hydrogens (primary N) is 1. The second-order valence-corrected chi connectivity index (χ2v) is 5.52. The van der Waals surface area contributed by atoms with E-state index in [0.717, 1.165) is 16.9 Å². The monoisotopic (exact) mass is 269 g/mol. The van der Waals surface area contributed by atoms with Crippen molar-refractivity contribution in [3.63, 3.8) is 0 Å². The quantitative estimate of drug-likeness (QED) is 0.914. The molecule has 20 heavy (non-hydrogen) atoms. The average Bonchev–Trinajstić information content (AvgIpc) is 2.42. The van der Waals surface area contributed by atoms with Gasteiger partial charge in [0.2, 0.25) is 0 Å². The molecular weight excluding hydrogens is 246 g/mol. The van der Waals surface area contributed by atoms with Gasteiger partial charge >= 0.3 is 0 Å². The Bertz CT molecular complexity index is 632. The van der Waals surface area contributed by atoms with Crippen LogP contribution in [0.3, 0.4) is 0 Å². The standard InChI is InChI=1S/C18H23NO/c1-11-6-7-12(2)15(8-11)18(19)16-9-14(4)17(20-5)10-13(16)3/h6-10,18H,19H2,1-5H3. The number of aryl methyl sites for hydroxylation is 4. The zero-order chi connectivity index (χ0) is 14.9. The van der Waals surface area contributed by atoms with Crippen molar-refractivity contribution in [1.82, 2.24) is 0 Å². The summed E-state index contributed by atoms with van der Waals surface area (Å²) in [7, 11) is 1.70. The Labute approximate surface area is 121 Å². The normalized spacial score (nSPS) is 12.3. The Morgan fingerprint density at radius 2 is 1.50 bits per heavy atom. The van der Waals surface area contributed by atoms with E-state index >= 15 is 0 Å². The molecule has 0 fully saturated rings. The van der Waals surface area contributed by atoms with Crippen LogP contribution >= 0.6 is 0 Å². The lowest BCUT2D eigenvalue weighted by molar-refractivity contribution is 0.411. The highest BCUT2D eigenvalue weighted by molar-refractivity contribution is 5.47. The van der Waals surface area contributed by atoms with Crippen molar-refractivity contribution in [2.45, 2.75) is 33.7 Å². The molecule has 2 aromatic rings. The fourth-order valence-electron chi connectivity index (χ4n) is 2.63. The van der Waals surface area contributed by atoms with Crippen molar-refractivity contribution in [1.29, 1.82) is 0 Å². The molecule has 0 amide bonds. The van der Waals surface area contributed by atoms with Gasteiger partial charge in [-0.25, -0.2) is 0 Å². The predicted octanol–water partition coefficient (Wildman–Crippen LogP) is 3.98.